The predicted molar refractivity (Wildman–Crippen MR) is 101 cm³/mol. The van der Waals surface area contributed by atoms with Crippen LogP contribution in [0.15, 0.2) is 24.3 Å². The fourth-order valence-corrected chi connectivity index (χ4v) is 5.39. The highest BCUT2D eigenvalue weighted by Crippen LogP contribution is 2.42. The Morgan fingerprint density at radius 1 is 1.14 bits per heavy atom. The lowest BCUT2D eigenvalue weighted by atomic mass is 9.78. The number of benzene rings is 1. The first-order valence-corrected chi connectivity index (χ1v) is 10.2. The molecular weight excluding hydrogens is 367 g/mol. The van der Waals surface area contributed by atoms with Crippen LogP contribution in [-0.4, -0.2) is 55.6 Å². The average Bonchev–Trinajstić information content (AvgIpc) is 3.34. The van der Waals surface area contributed by atoms with E-state index in [1.807, 2.05) is 4.90 Å². The molecule has 0 spiro atoms. The maximum Gasteiger partial charge on any atom is 0.416 e. The van der Waals surface area contributed by atoms with Crippen molar-refractivity contribution in [2.75, 3.05) is 39.8 Å². The summed E-state index contributed by atoms with van der Waals surface area (Å²) in [5.41, 5.74) is -0.314. The molecule has 0 aromatic heterocycles. The van der Waals surface area contributed by atoms with Gasteiger partial charge in [-0.15, -0.1) is 0 Å². The molecule has 1 N–H and O–H groups in total. The molecule has 154 valence electrons. The van der Waals surface area contributed by atoms with Gasteiger partial charge in [-0.25, -0.2) is 4.79 Å². The third-order valence-corrected chi connectivity index (χ3v) is 6.90. The van der Waals surface area contributed by atoms with E-state index in [9.17, 15) is 18.0 Å². The molecule has 1 aromatic carbocycles. The molecule has 0 bridgehead atoms. The SMILES string of the molecule is CN1C[C@@H]2CN(C(=O)NCC3(c4cccc(C(F)(F)F)c4)CCCC3)C[C@@H]2C1. The van der Waals surface area contributed by atoms with E-state index in [0.29, 0.717) is 23.9 Å². The number of fused-ring (bicyclic) bond motifs is 1. The number of urea groups is 1. The van der Waals surface area contributed by atoms with Crippen molar-refractivity contribution >= 4 is 6.03 Å². The van der Waals surface area contributed by atoms with Crippen LogP contribution < -0.4 is 5.32 Å². The van der Waals surface area contributed by atoms with E-state index >= 15 is 0 Å². The first kappa shape index (κ1) is 19.6. The van der Waals surface area contributed by atoms with Gasteiger partial charge in [-0.3, -0.25) is 0 Å². The molecule has 2 amide bonds. The number of nitrogens with one attached hydrogen (secondary N) is 1. The van der Waals surface area contributed by atoms with Gasteiger partial charge < -0.3 is 15.1 Å². The molecule has 0 radical (unpaired) electrons. The van der Waals surface area contributed by atoms with E-state index < -0.39 is 17.2 Å². The molecule has 4 nitrogen and oxygen atoms in total. The van der Waals surface area contributed by atoms with Crippen molar-refractivity contribution in [3.63, 3.8) is 0 Å². The van der Waals surface area contributed by atoms with Crippen LogP contribution in [0.25, 0.3) is 0 Å². The molecule has 2 heterocycles. The minimum Gasteiger partial charge on any atom is -0.337 e. The summed E-state index contributed by atoms with van der Waals surface area (Å²) in [6.45, 7) is 4.01. The fraction of sp³-hybridized carbons (Fsp3) is 0.667. The van der Waals surface area contributed by atoms with Crippen molar-refractivity contribution in [1.29, 1.82) is 0 Å². The molecule has 1 aromatic rings. The van der Waals surface area contributed by atoms with Crippen LogP contribution in [-0.2, 0) is 11.6 Å². The molecular formula is C21H28F3N3O. The zero-order valence-corrected chi connectivity index (χ0v) is 16.3. The maximum absolute atomic E-state index is 13.2. The summed E-state index contributed by atoms with van der Waals surface area (Å²) in [7, 11) is 2.11. The van der Waals surface area contributed by atoms with Crippen molar-refractivity contribution < 1.29 is 18.0 Å². The first-order valence-electron chi connectivity index (χ1n) is 10.2. The molecule has 28 heavy (non-hydrogen) atoms. The van der Waals surface area contributed by atoms with E-state index in [1.54, 1.807) is 6.07 Å². The molecule has 0 unspecified atom stereocenters. The minimum atomic E-state index is -4.35. The van der Waals surface area contributed by atoms with Crippen LogP contribution >= 0.6 is 0 Å². The van der Waals surface area contributed by atoms with Crippen molar-refractivity contribution in [2.45, 2.75) is 37.3 Å². The summed E-state index contributed by atoms with van der Waals surface area (Å²) in [6, 6.07) is 5.58. The number of likely N-dealkylation sites (tertiary alicyclic amines) is 2. The summed E-state index contributed by atoms with van der Waals surface area (Å²) >= 11 is 0. The fourth-order valence-electron chi connectivity index (χ4n) is 5.39. The lowest BCUT2D eigenvalue weighted by Gasteiger charge is -2.31. The van der Waals surface area contributed by atoms with Crippen LogP contribution in [0.2, 0.25) is 0 Å². The molecule has 2 saturated heterocycles. The Hall–Kier alpha value is -1.76. The van der Waals surface area contributed by atoms with Gasteiger partial charge in [0.2, 0.25) is 0 Å². The summed E-state index contributed by atoms with van der Waals surface area (Å²) in [5.74, 6) is 1.08. The van der Waals surface area contributed by atoms with E-state index in [0.717, 1.165) is 57.9 Å². The molecule has 4 rings (SSSR count). The standard InChI is InChI=1S/C21H28F3N3O/c1-26-10-15-12-27(13-16(15)11-26)19(28)25-14-20(7-2-3-8-20)17-5-4-6-18(9-17)21(22,23)24/h4-6,9,15-16H,2-3,7-8,10-14H2,1H3,(H,25,28)/t15-,16+. The summed E-state index contributed by atoms with van der Waals surface area (Å²) in [4.78, 5) is 16.9. The van der Waals surface area contributed by atoms with Crippen LogP contribution in [0.4, 0.5) is 18.0 Å². The van der Waals surface area contributed by atoms with Crippen LogP contribution in [0.5, 0.6) is 0 Å². The van der Waals surface area contributed by atoms with Gasteiger partial charge in [0.15, 0.2) is 0 Å². The summed E-state index contributed by atoms with van der Waals surface area (Å²) in [6.07, 6.45) is -0.770. The van der Waals surface area contributed by atoms with Crippen LogP contribution in [0.1, 0.15) is 36.8 Å². The smallest absolute Gasteiger partial charge is 0.337 e. The number of carbonyl (C=O) groups is 1. The minimum absolute atomic E-state index is 0.0738. The lowest BCUT2D eigenvalue weighted by molar-refractivity contribution is -0.137. The second-order valence-corrected chi connectivity index (χ2v) is 8.87. The van der Waals surface area contributed by atoms with Gasteiger partial charge in [0, 0.05) is 38.1 Å². The number of hydrogen-bond donors (Lipinski definition) is 1. The van der Waals surface area contributed by atoms with E-state index in [1.165, 1.54) is 12.1 Å². The molecule has 2 aliphatic heterocycles. The topological polar surface area (TPSA) is 35.6 Å². The first-order chi connectivity index (χ1) is 13.3. The van der Waals surface area contributed by atoms with E-state index in [4.69, 9.17) is 0 Å². The third-order valence-electron chi connectivity index (χ3n) is 6.90. The van der Waals surface area contributed by atoms with Crippen LogP contribution in [0.3, 0.4) is 0 Å². The number of halogens is 3. The lowest BCUT2D eigenvalue weighted by Crippen LogP contribution is -2.45. The molecule has 3 aliphatic rings. The molecule has 3 fully saturated rings. The number of amides is 2. The zero-order valence-electron chi connectivity index (χ0n) is 16.3. The average molecular weight is 395 g/mol. The van der Waals surface area contributed by atoms with Gasteiger partial charge >= 0.3 is 12.2 Å². The van der Waals surface area contributed by atoms with Gasteiger partial charge in [-0.05, 0) is 43.4 Å². The van der Waals surface area contributed by atoms with E-state index in [-0.39, 0.29) is 6.03 Å². The van der Waals surface area contributed by atoms with Crippen LogP contribution in [0, 0.1) is 11.8 Å². The largest absolute Gasteiger partial charge is 0.416 e. The summed E-state index contributed by atoms with van der Waals surface area (Å²) < 4.78 is 39.5. The van der Waals surface area contributed by atoms with Gasteiger partial charge in [0.25, 0.3) is 0 Å². The Morgan fingerprint density at radius 3 is 2.39 bits per heavy atom. The highest BCUT2D eigenvalue weighted by Gasteiger charge is 2.42. The number of hydrogen-bond acceptors (Lipinski definition) is 2. The van der Waals surface area contributed by atoms with Crippen molar-refractivity contribution in [2.24, 2.45) is 11.8 Å². The Labute approximate surface area is 164 Å². The second-order valence-electron chi connectivity index (χ2n) is 8.87. The Morgan fingerprint density at radius 2 is 1.79 bits per heavy atom. The molecule has 1 saturated carbocycles. The molecule has 2 atom stereocenters. The van der Waals surface area contributed by atoms with Gasteiger partial charge in [-0.2, -0.15) is 13.2 Å². The third kappa shape index (κ3) is 3.73. The highest BCUT2D eigenvalue weighted by atomic mass is 19.4. The predicted octanol–water partition coefficient (Wildman–Crippen LogP) is 3.72. The molecule has 7 heteroatoms. The second kappa shape index (κ2) is 7.25. The summed E-state index contributed by atoms with van der Waals surface area (Å²) in [5, 5.41) is 3.06. The highest BCUT2D eigenvalue weighted by molar-refractivity contribution is 5.74. The van der Waals surface area contributed by atoms with Gasteiger partial charge in [0.05, 0.1) is 5.56 Å². The Kier molecular flexibility index (Phi) is 5.06. The zero-order chi connectivity index (χ0) is 19.9. The Balaban J connectivity index is 1.44. The maximum atomic E-state index is 13.2. The van der Waals surface area contributed by atoms with Crippen molar-refractivity contribution in [1.82, 2.24) is 15.1 Å². The number of rotatable bonds is 3. The van der Waals surface area contributed by atoms with Gasteiger partial charge in [0.1, 0.15) is 0 Å². The quantitative estimate of drug-likeness (QED) is 0.847. The Bertz CT molecular complexity index is 716. The monoisotopic (exact) mass is 395 g/mol. The van der Waals surface area contributed by atoms with E-state index in [2.05, 4.69) is 17.3 Å². The normalized spacial score (nSPS) is 27.2. The number of nitrogens with zero attached hydrogens (tertiary/aromatic N) is 2. The number of carbonyl (C=O) groups excluding carboxylic acids is 1. The van der Waals surface area contributed by atoms with Crippen molar-refractivity contribution in [3.8, 4) is 0 Å². The van der Waals surface area contributed by atoms with Gasteiger partial charge in [-0.1, -0.05) is 31.0 Å². The molecule has 1 aliphatic carbocycles. The van der Waals surface area contributed by atoms with Crippen molar-refractivity contribution in [3.05, 3.63) is 35.4 Å². The number of alkyl halides is 3.